The second-order valence-electron chi connectivity index (χ2n) is 5.80. The van der Waals surface area contributed by atoms with Gasteiger partial charge in [-0.3, -0.25) is 4.79 Å². The van der Waals surface area contributed by atoms with E-state index in [0.717, 1.165) is 16.9 Å². The lowest BCUT2D eigenvalue weighted by Crippen LogP contribution is -2.45. The summed E-state index contributed by atoms with van der Waals surface area (Å²) in [5, 5.41) is 10.8. The van der Waals surface area contributed by atoms with Crippen molar-refractivity contribution < 1.29 is 19.2 Å². The van der Waals surface area contributed by atoms with Crippen LogP contribution in [0.4, 0.5) is 0 Å². The Kier molecular flexibility index (Phi) is 3.24. The molecule has 0 bridgehead atoms. The van der Waals surface area contributed by atoms with Crippen LogP contribution < -0.4 is 4.57 Å². The lowest BCUT2D eigenvalue weighted by atomic mass is 9.92. The summed E-state index contributed by atoms with van der Waals surface area (Å²) < 4.78 is 9.08. The molecule has 5 heteroatoms. The molecule has 21 heavy (non-hydrogen) atoms. The predicted molar refractivity (Wildman–Crippen MR) is 77.6 cm³/mol. The number of esters is 1. The minimum atomic E-state index is -0.987. The van der Waals surface area contributed by atoms with Gasteiger partial charge in [-0.15, -0.1) is 0 Å². The lowest BCUT2D eigenvalue weighted by Gasteiger charge is -2.29. The Bertz CT molecular complexity index is 703. The molecular formula is C16H21N2O3+. The number of carbonyl (C=O) groups is 1. The molecule has 0 amide bonds. The van der Waals surface area contributed by atoms with Crippen LogP contribution in [0, 0.1) is 0 Å². The monoisotopic (exact) mass is 289 g/mol. The minimum absolute atomic E-state index is 0.215. The minimum Gasteiger partial charge on any atom is -0.465 e. The zero-order valence-electron chi connectivity index (χ0n) is 12.7. The summed E-state index contributed by atoms with van der Waals surface area (Å²) in [5.41, 5.74) is 0.956. The summed E-state index contributed by atoms with van der Waals surface area (Å²) in [5.74, 6) is 0.265. The Morgan fingerprint density at radius 2 is 2.24 bits per heavy atom. The third kappa shape index (κ3) is 2.03. The van der Waals surface area contributed by atoms with Gasteiger partial charge in [-0.1, -0.05) is 12.1 Å². The van der Waals surface area contributed by atoms with Gasteiger partial charge in [-0.2, -0.15) is 4.57 Å². The van der Waals surface area contributed by atoms with Crippen molar-refractivity contribution in [3.63, 3.8) is 0 Å². The number of ether oxygens (including phenoxy) is 1. The summed E-state index contributed by atoms with van der Waals surface area (Å²) in [7, 11) is 1.93. The van der Waals surface area contributed by atoms with Crippen LogP contribution in [0.15, 0.2) is 24.3 Å². The number of carbonyl (C=O) groups excluding carboxylic acids is 1. The quantitative estimate of drug-likeness (QED) is 0.674. The van der Waals surface area contributed by atoms with Crippen molar-refractivity contribution in [2.45, 2.75) is 38.3 Å². The molecule has 1 aromatic carbocycles. The standard InChI is InChI=1S/C16H21N2O3/c1-4-21-15(19)11-9-10-16(2,20)18-13-8-6-5-7-12(13)17(3)14(11)18/h5-8,11,20H,4,9-10H2,1-3H3/q+1. The maximum absolute atomic E-state index is 12.3. The predicted octanol–water partition coefficient (Wildman–Crippen LogP) is 1.57. The molecule has 0 saturated heterocycles. The first-order chi connectivity index (χ1) is 9.97. The first-order valence-electron chi connectivity index (χ1n) is 7.36. The largest absolute Gasteiger partial charge is 0.465 e. The van der Waals surface area contributed by atoms with Crippen molar-refractivity contribution in [2.75, 3.05) is 6.61 Å². The summed E-state index contributed by atoms with van der Waals surface area (Å²) in [4.78, 5) is 12.3. The molecule has 2 atom stereocenters. The van der Waals surface area contributed by atoms with Gasteiger partial charge in [0, 0.05) is 13.3 Å². The smallest absolute Gasteiger partial charge is 0.321 e. The molecule has 2 unspecified atom stereocenters. The van der Waals surface area contributed by atoms with Gasteiger partial charge in [0.15, 0.2) is 17.0 Å². The molecule has 0 spiro atoms. The van der Waals surface area contributed by atoms with Crippen molar-refractivity contribution in [2.24, 2.45) is 7.05 Å². The number of fused-ring (bicyclic) bond motifs is 3. The highest BCUT2D eigenvalue weighted by atomic mass is 16.5. The average molecular weight is 289 g/mol. The lowest BCUT2D eigenvalue weighted by molar-refractivity contribution is -0.656. The second kappa shape index (κ2) is 4.84. The van der Waals surface area contributed by atoms with Crippen LogP contribution in [0.2, 0.25) is 0 Å². The molecule has 5 nitrogen and oxygen atoms in total. The second-order valence-corrected chi connectivity index (χ2v) is 5.80. The highest BCUT2D eigenvalue weighted by molar-refractivity contribution is 5.79. The molecule has 1 aliphatic rings. The van der Waals surface area contributed by atoms with Crippen LogP contribution >= 0.6 is 0 Å². The third-order valence-electron chi connectivity index (χ3n) is 4.33. The molecule has 0 fully saturated rings. The number of imidazole rings is 1. The van der Waals surface area contributed by atoms with E-state index in [-0.39, 0.29) is 11.9 Å². The summed E-state index contributed by atoms with van der Waals surface area (Å²) in [6.45, 7) is 3.98. The highest BCUT2D eigenvalue weighted by Gasteiger charge is 2.47. The first kappa shape index (κ1) is 14.1. The molecular weight excluding hydrogens is 268 g/mol. The van der Waals surface area contributed by atoms with E-state index in [4.69, 9.17) is 4.74 Å². The van der Waals surface area contributed by atoms with Crippen molar-refractivity contribution >= 4 is 17.0 Å². The highest BCUT2D eigenvalue weighted by Crippen LogP contribution is 2.38. The van der Waals surface area contributed by atoms with Crippen molar-refractivity contribution in [3.8, 4) is 0 Å². The van der Waals surface area contributed by atoms with Gasteiger partial charge in [0.2, 0.25) is 5.72 Å². The van der Waals surface area contributed by atoms with Crippen LogP contribution in [0.25, 0.3) is 11.0 Å². The first-order valence-corrected chi connectivity index (χ1v) is 7.36. The fourth-order valence-corrected chi connectivity index (χ4v) is 3.35. The van der Waals surface area contributed by atoms with Gasteiger partial charge in [-0.05, 0) is 25.5 Å². The molecule has 3 rings (SSSR count). The Morgan fingerprint density at radius 1 is 1.52 bits per heavy atom. The molecule has 2 heterocycles. The molecule has 1 N–H and O–H groups in total. The van der Waals surface area contributed by atoms with Crippen LogP contribution in [0.1, 0.15) is 38.4 Å². The van der Waals surface area contributed by atoms with Gasteiger partial charge < -0.3 is 9.84 Å². The number of hydrogen-bond acceptors (Lipinski definition) is 3. The number of aryl methyl sites for hydroxylation is 1. The van der Waals surface area contributed by atoms with Crippen molar-refractivity contribution in [1.82, 2.24) is 4.57 Å². The van der Waals surface area contributed by atoms with Crippen LogP contribution in [0.5, 0.6) is 0 Å². The molecule has 112 valence electrons. The van der Waals surface area contributed by atoms with E-state index in [0.29, 0.717) is 19.4 Å². The molecule has 1 aliphatic heterocycles. The summed E-state index contributed by atoms with van der Waals surface area (Å²) in [6, 6.07) is 7.88. The molecule has 1 aromatic heterocycles. The maximum Gasteiger partial charge on any atom is 0.321 e. The summed E-state index contributed by atoms with van der Waals surface area (Å²) in [6.07, 6.45) is 1.12. The molecule has 2 aromatic rings. The van der Waals surface area contributed by atoms with Gasteiger partial charge in [0.05, 0.1) is 13.7 Å². The van der Waals surface area contributed by atoms with Gasteiger partial charge in [0.1, 0.15) is 0 Å². The van der Waals surface area contributed by atoms with Crippen LogP contribution in [-0.2, 0) is 22.3 Å². The Labute approximate surface area is 123 Å². The Morgan fingerprint density at radius 3 is 2.95 bits per heavy atom. The SMILES string of the molecule is CCOC(=O)C1CCC(C)(O)n2c1[n+](C)c1ccccc12. The van der Waals surface area contributed by atoms with Crippen LogP contribution in [0.3, 0.4) is 0 Å². The van der Waals surface area contributed by atoms with E-state index in [1.165, 1.54) is 0 Å². The zero-order chi connectivity index (χ0) is 15.2. The average Bonchev–Trinajstić information content (AvgIpc) is 2.75. The normalized spacial score (nSPS) is 24.9. The number of aliphatic hydroxyl groups is 1. The fourth-order valence-electron chi connectivity index (χ4n) is 3.35. The Hall–Kier alpha value is -1.88. The van der Waals surface area contributed by atoms with Crippen molar-refractivity contribution in [1.29, 1.82) is 0 Å². The van der Waals surface area contributed by atoms with E-state index in [1.54, 1.807) is 6.92 Å². The number of para-hydroxylation sites is 2. The van der Waals surface area contributed by atoms with Gasteiger partial charge in [0.25, 0.3) is 5.82 Å². The van der Waals surface area contributed by atoms with E-state index >= 15 is 0 Å². The molecule has 0 aliphatic carbocycles. The maximum atomic E-state index is 12.3. The topological polar surface area (TPSA) is 55.3 Å². The zero-order valence-corrected chi connectivity index (χ0v) is 12.7. The number of aromatic nitrogens is 2. The number of nitrogens with zero attached hydrogens (tertiary/aromatic N) is 2. The van der Waals surface area contributed by atoms with Gasteiger partial charge in [-0.25, -0.2) is 4.57 Å². The van der Waals surface area contributed by atoms with Crippen LogP contribution in [-0.4, -0.2) is 22.2 Å². The van der Waals surface area contributed by atoms with E-state index in [1.807, 2.05) is 47.4 Å². The number of benzene rings is 1. The van der Waals surface area contributed by atoms with E-state index in [2.05, 4.69) is 0 Å². The number of rotatable bonds is 2. The van der Waals surface area contributed by atoms with E-state index < -0.39 is 5.72 Å². The van der Waals surface area contributed by atoms with Crippen molar-refractivity contribution in [3.05, 3.63) is 30.1 Å². The van der Waals surface area contributed by atoms with Gasteiger partial charge >= 0.3 is 5.97 Å². The molecule has 0 radical (unpaired) electrons. The number of hydrogen-bond donors (Lipinski definition) is 1. The molecule has 0 saturated carbocycles. The summed E-state index contributed by atoms with van der Waals surface area (Å²) >= 11 is 0. The fraction of sp³-hybridized carbons (Fsp3) is 0.500. The third-order valence-corrected chi connectivity index (χ3v) is 4.33. The van der Waals surface area contributed by atoms with E-state index in [9.17, 15) is 9.90 Å². The Balaban J connectivity index is 2.26.